The number of fused-ring (bicyclic) bond motifs is 1. The van der Waals surface area contributed by atoms with E-state index in [-0.39, 0.29) is 10.6 Å². The van der Waals surface area contributed by atoms with Crippen molar-refractivity contribution in [2.75, 3.05) is 12.8 Å². The predicted molar refractivity (Wildman–Crippen MR) is 80.1 cm³/mol. The summed E-state index contributed by atoms with van der Waals surface area (Å²) in [4.78, 5) is 0.170. The summed E-state index contributed by atoms with van der Waals surface area (Å²) in [5.74, 6) is 0.418. The van der Waals surface area contributed by atoms with Gasteiger partial charge in [0, 0.05) is 21.5 Å². The summed E-state index contributed by atoms with van der Waals surface area (Å²) in [7, 11) is -2.96. The molecule has 2 aromatic rings. The van der Waals surface area contributed by atoms with Crippen molar-refractivity contribution in [2.45, 2.75) is 16.7 Å². The maximum Gasteiger partial charge on any atom is 0.294 e. The zero-order valence-electron chi connectivity index (χ0n) is 11.6. The molecule has 0 atom stereocenters. The molecule has 0 saturated carbocycles. The van der Waals surface area contributed by atoms with Gasteiger partial charge in [-0.05, 0) is 30.5 Å². The number of nitrogen functional groups attached to an aromatic ring is 1. The Morgan fingerprint density at radius 2 is 1.95 bits per heavy atom. The van der Waals surface area contributed by atoms with Gasteiger partial charge in [-0.25, -0.2) is 5.26 Å². The van der Waals surface area contributed by atoms with E-state index in [4.69, 9.17) is 20.3 Å². The summed E-state index contributed by atoms with van der Waals surface area (Å²) in [6.45, 7) is 1.73. The lowest BCUT2D eigenvalue weighted by atomic mass is 10.0. The van der Waals surface area contributed by atoms with Gasteiger partial charge in [0.1, 0.15) is 5.75 Å². The minimum atomic E-state index is -4.40. The molecule has 2 aromatic carbocycles. The van der Waals surface area contributed by atoms with Crippen LogP contribution in [0, 0.1) is 6.92 Å². The van der Waals surface area contributed by atoms with Crippen LogP contribution in [0.25, 0.3) is 10.8 Å². The Balaban J connectivity index is 2.80. The molecule has 0 radical (unpaired) electrons. The fourth-order valence-electron chi connectivity index (χ4n) is 2.13. The van der Waals surface area contributed by atoms with Crippen LogP contribution < -0.4 is 10.5 Å². The van der Waals surface area contributed by atoms with Gasteiger partial charge in [0.15, 0.2) is 0 Å². The van der Waals surface area contributed by atoms with Crippen molar-refractivity contribution in [3.8, 4) is 5.75 Å². The Hall–Kier alpha value is -1.56. The van der Waals surface area contributed by atoms with Crippen molar-refractivity contribution in [1.29, 1.82) is 0 Å². The third-order valence-electron chi connectivity index (χ3n) is 3.05. The summed E-state index contributed by atoms with van der Waals surface area (Å²) in [6, 6.07) is 3.98. The smallest absolute Gasteiger partial charge is 0.294 e. The normalized spacial score (nSPS) is 11.8. The maximum absolute atomic E-state index is 11.3. The molecule has 0 heterocycles. The van der Waals surface area contributed by atoms with Crippen LogP contribution in [0.2, 0.25) is 0 Å². The van der Waals surface area contributed by atoms with E-state index >= 15 is 0 Å². The third kappa shape index (κ3) is 3.11. The monoisotopic (exact) mass is 347 g/mol. The molecule has 0 aliphatic heterocycles. The van der Waals surface area contributed by atoms with E-state index in [2.05, 4.69) is 9.37 Å². The average molecular weight is 347 g/mol. The van der Waals surface area contributed by atoms with Gasteiger partial charge >= 0.3 is 0 Å². The molecular formula is C12H13NO7S2. The lowest BCUT2D eigenvalue weighted by Crippen LogP contribution is -2.02. The number of ether oxygens (including phenoxy) is 1. The molecule has 0 aliphatic carbocycles. The first-order valence-corrected chi connectivity index (χ1v) is 8.00. The molecule has 0 amide bonds. The van der Waals surface area contributed by atoms with E-state index in [9.17, 15) is 8.42 Å². The molecule has 0 aliphatic rings. The molecule has 2 rings (SSSR count). The summed E-state index contributed by atoms with van der Waals surface area (Å²) in [6.07, 6.45) is 0. The summed E-state index contributed by atoms with van der Waals surface area (Å²) in [5.41, 5.74) is 6.69. The molecule has 0 unspecified atom stereocenters. The highest BCUT2D eigenvalue weighted by molar-refractivity contribution is 7.94. The van der Waals surface area contributed by atoms with E-state index in [0.29, 0.717) is 39.0 Å². The van der Waals surface area contributed by atoms with Crippen molar-refractivity contribution in [3.05, 3.63) is 23.8 Å². The van der Waals surface area contributed by atoms with Crippen LogP contribution in [0.4, 0.5) is 5.69 Å². The Morgan fingerprint density at radius 1 is 1.27 bits per heavy atom. The molecule has 120 valence electrons. The second-order valence-electron chi connectivity index (χ2n) is 4.34. The number of methoxy groups -OCH3 is 1. The Bertz CT molecular complexity index is 820. The van der Waals surface area contributed by atoms with E-state index in [0.717, 1.165) is 6.07 Å². The van der Waals surface area contributed by atoms with Crippen LogP contribution in [0.15, 0.2) is 28.0 Å². The average Bonchev–Trinajstić information content (AvgIpc) is 2.44. The second-order valence-corrected chi connectivity index (χ2v) is 6.51. The van der Waals surface area contributed by atoms with Gasteiger partial charge in [-0.2, -0.15) is 8.42 Å². The van der Waals surface area contributed by atoms with Crippen LogP contribution >= 0.6 is 12.0 Å². The number of anilines is 1. The standard InChI is InChI=1S/C12H13NO7S2/c1-6-10(21-20-19-14)4-7-3-8(22(15,16)17)5-9(13)11(7)12(6)18-2/h3-5,14H,13H2,1-2H3,(H,15,16,17). The van der Waals surface area contributed by atoms with Crippen molar-refractivity contribution in [2.24, 2.45) is 0 Å². The Kier molecular flexibility index (Phi) is 4.80. The highest BCUT2D eigenvalue weighted by Gasteiger charge is 2.18. The Labute approximate surface area is 130 Å². The zero-order chi connectivity index (χ0) is 16.5. The quantitative estimate of drug-likeness (QED) is 0.245. The van der Waals surface area contributed by atoms with E-state index < -0.39 is 10.1 Å². The number of nitrogens with two attached hydrogens (primary N) is 1. The van der Waals surface area contributed by atoms with E-state index in [1.54, 1.807) is 13.0 Å². The summed E-state index contributed by atoms with van der Waals surface area (Å²) < 4.78 is 41.5. The zero-order valence-corrected chi connectivity index (χ0v) is 13.2. The molecule has 22 heavy (non-hydrogen) atoms. The minimum absolute atomic E-state index is 0.140. The lowest BCUT2D eigenvalue weighted by Gasteiger charge is -2.15. The first kappa shape index (κ1) is 16.8. The van der Waals surface area contributed by atoms with Gasteiger partial charge in [0.25, 0.3) is 10.1 Å². The second kappa shape index (κ2) is 6.28. The SMILES string of the molecule is COc1c(C)c(SOOO)cc2cc(S(=O)(=O)O)cc(N)c12. The van der Waals surface area contributed by atoms with Crippen LogP contribution in [0.5, 0.6) is 5.75 Å². The molecule has 8 nitrogen and oxygen atoms in total. The number of benzene rings is 2. The molecule has 0 fully saturated rings. The molecular weight excluding hydrogens is 334 g/mol. The maximum atomic E-state index is 11.3. The fourth-order valence-corrected chi connectivity index (χ4v) is 3.17. The van der Waals surface area contributed by atoms with Gasteiger partial charge < -0.3 is 10.5 Å². The summed E-state index contributed by atoms with van der Waals surface area (Å²) >= 11 is 0.706. The molecule has 0 saturated heterocycles. The van der Waals surface area contributed by atoms with Crippen molar-refractivity contribution in [1.82, 2.24) is 0 Å². The predicted octanol–water partition coefficient (Wildman–Crippen LogP) is 2.41. The highest BCUT2D eigenvalue weighted by Crippen LogP contribution is 2.40. The van der Waals surface area contributed by atoms with E-state index in [1.165, 1.54) is 13.2 Å². The van der Waals surface area contributed by atoms with Crippen LogP contribution in [0.3, 0.4) is 0 Å². The molecule has 0 aromatic heterocycles. The van der Waals surface area contributed by atoms with Gasteiger partial charge in [-0.15, -0.1) is 4.33 Å². The van der Waals surface area contributed by atoms with Crippen LogP contribution in [-0.4, -0.2) is 25.3 Å². The van der Waals surface area contributed by atoms with Crippen LogP contribution in [0.1, 0.15) is 5.56 Å². The van der Waals surface area contributed by atoms with Gasteiger partial charge in [0.05, 0.1) is 24.0 Å². The van der Waals surface area contributed by atoms with Gasteiger partial charge in [0.2, 0.25) is 0 Å². The van der Waals surface area contributed by atoms with Crippen molar-refractivity contribution in [3.63, 3.8) is 0 Å². The molecule has 10 heteroatoms. The molecule has 0 bridgehead atoms. The van der Waals surface area contributed by atoms with E-state index in [1.807, 2.05) is 0 Å². The van der Waals surface area contributed by atoms with Gasteiger partial charge in [-0.3, -0.25) is 4.55 Å². The van der Waals surface area contributed by atoms with Crippen LogP contribution in [-0.2, 0) is 19.5 Å². The first-order valence-electron chi connectivity index (χ1n) is 5.82. The van der Waals surface area contributed by atoms with Gasteiger partial charge in [-0.1, -0.05) is 5.04 Å². The number of rotatable bonds is 5. The largest absolute Gasteiger partial charge is 0.496 e. The molecule has 4 N–H and O–H groups in total. The third-order valence-corrected chi connectivity index (χ3v) is 4.62. The lowest BCUT2D eigenvalue weighted by molar-refractivity contribution is -0.432. The van der Waals surface area contributed by atoms with Crippen molar-refractivity contribution >= 4 is 38.6 Å². The number of hydrogen-bond donors (Lipinski definition) is 3. The topological polar surface area (TPSA) is 128 Å². The highest BCUT2D eigenvalue weighted by atomic mass is 32.2. The Morgan fingerprint density at radius 3 is 2.50 bits per heavy atom. The number of hydrogen-bond acceptors (Lipinski definition) is 8. The fraction of sp³-hybridized carbons (Fsp3) is 0.167. The first-order chi connectivity index (χ1) is 10.3. The summed E-state index contributed by atoms with van der Waals surface area (Å²) in [5, 5.41) is 12.7. The minimum Gasteiger partial charge on any atom is -0.496 e. The van der Waals surface area contributed by atoms with Crippen molar-refractivity contribution < 1.29 is 32.3 Å². The molecule has 0 spiro atoms.